The van der Waals surface area contributed by atoms with E-state index < -0.39 is 0 Å². The molecule has 44 heavy (non-hydrogen) atoms. The van der Waals surface area contributed by atoms with Crippen LogP contribution in [0.5, 0.6) is 0 Å². The second-order valence-electron chi connectivity index (χ2n) is 15.8. The molecule has 3 aliphatic rings. The Balaban J connectivity index is 0.000000712. The molecule has 0 bridgehead atoms. The Bertz CT molecular complexity index is 1570. The molecular formula is C44H56. The van der Waals surface area contributed by atoms with Crippen LogP contribution in [0.1, 0.15) is 131 Å². The summed E-state index contributed by atoms with van der Waals surface area (Å²) >= 11 is 0. The Hall–Kier alpha value is -3.12. The summed E-state index contributed by atoms with van der Waals surface area (Å²) in [4.78, 5) is 0. The van der Waals surface area contributed by atoms with Gasteiger partial charge in [-0.2, -0.15) is 0 Å². The number of hydrogen-bond donors (Lipinski definition) is 0. The molecule has 0 aliphatic heterocycles. The molecule has 0 radical (unpaired) electrons. The van der Waals surface area contributed by atoms with Crippen molar-refractivity contribution in [2.24, 2.45) is 17.3 Å². The van der Waals surface area contributed by atoms with E-state index in [1.54, 1.807) is 5.57 Å². The molecule has 3 aliphatic carbocycles. The SMILES string of the molecule is C=C(C)Cc1c(C)cc2c(c1-c1ccc(C)cc1)CC(c1ccc3c(c1)C(C1CCC(CC)CC1)=CC3C)=C2.CC(C)(C)C. The summed E-state index contributed by atoms with van der Waals surface area (Å²) in [6.45, 7) is 24.4. The van der Waals surface area contributed by atoms with Gasteiger partial charge >= 0.3 is 0 Å². The van der Waals surface area contributed by atoms with Gasteiger partial charge in [0.1, 0.15) is 0 Å². The first-order valence-corrected chi connectivity index (χ1v) is 17.3. The van der Waals surface area contributed by atoms with Gasteiger partial charge in [0.25, 0.3) is 0 Å². The van der Waals surface area contributed by atoms with E-state index in [1.807, 2.05) is 0 Å². The zero-order valence-corrected chi connectivity index (χ0v) is 29.2. The first-order chi connectivity index (χ1) is 20.8. The third-order valence-corrected chi connectivity index (χ3v) is 9.83. The second kappa shape index (κ2) is 13.1. The van der Waals surface area contributed by atoms with Gasteiger partial charge < -0.3 is 0 Å². The predicted molar refractivity (Wildman–Crippen MR) is 195 cm³/mol. The zero-order chi connectivity index (χ0) is 31.8. The van der Waals surface area contributed by atoms with E-state index in [9.17, 15) is 0 Å². The van der Waals surface area contributed by atoms with Crippen LogP contribution in [0.3, 0.4) is 0 Å². The van der Waals surface area contributed by atoms with E-state index in [-0.39, 0.29) is 0 Å². The highest BCUT2D eigenvalue weighted by atomic mass is 14.3. The van der Waals surface area contributed by atoms with Gasteiger partial charge in [-0.15, -0.1) is 0 Å². The van der Waals surface area contributed by atoms with Gasteiger partial charge in [-0.1, -0.05) is 120 Å². The quantitative estimate of drug-likeness (QED) is 0.253. The minimum absolute atomic E-state index is 0.500. The van der Waals surface area contributed by atoms with Crippen LogP contribution in [0.25, 0.3) is 28.3 Å². The number of fused-ring (bicyclic) bond motifs is 2. The lowest BCUT2D eigenvalue weighted by atomic mass is 9.76. The van der Waals surface area contributed by atoms with Crippen LogP contribution in [0.15, 0.2) is 66.8 Å². The number of aryl methyl sites for hydroxylation is 2. The lowest BCUT2D eigenvalue weighted by molar-refractivity contribution is 0.309. The average molecular weight is 585 g/mol. The van der Waals surface area contributed by atoms with Crippen molar-refractivity contribution in [3.05, 3.63) is 111 Å². The summed E-state index contributed by atoms with van der Waals surface area (Å²) in [6, 6.07) is 18.9. The van der Waals surface area contributed by atoms with Gasteiger partial charge in [0.15, 0.2) is 0 Å². The second-order valence-corrected chi connectivity index (χ2v) is 15.8. The summed E-state index contributed by atoms with van der Waals surface area (Å²) in [5, 5.41) is 0. The van der Waals surface area contributed by atoms with Crippen molar-refractivity contribution in [2.75, 3.05) is 0 Å². The Morgan fingerprint density at radius 2 is 1.52 bits per heavy atom. The van der Waals surface area contributed by atoms with E-state index in [2.05, 4.69) is 130 Å². The summed E-state index contributed by atoms with van der Waals surface area (Å²) < 4.78 is 0. The molecule has 1 saturated carbocycles. The highest BCUT2D eigenvalue weighted by molar-refractivity contribution is 5.94. The zero-order valence-electron chi connectivity index (χ0n) is 29.2. The first kappa shape index (κ1) is 32.3. The molecule has 1 unspecified atom stereocenters. The van der Waals surface area contributed by atoms with Crippen LogP contribution < -0.4 is 0 Å². The molecule has 232 valence electrons. The maximum absolute atomic E-state index is 4.27. The Morgan fingerprint density at radius 1 is 0.886 bits per heavy atom. The molecule has 0 N–H and O–H groups in total. The molecule has 1 fully saturated rings. The molecule has 0 amide bonds. The third-order valence-electron chi connectivity index (χ3n) is 9.83. The average Bonchev–Trinajstić information content (AvgIpc) is 3.53. The molecule has 0 spiro atoms. The standard InChI is InChI=1S/C39H44.C5H12/c1-7-28-10-14-29(15-11-28)36-20-27(6)34-17-16-31(22-38(34)36)32-21-33-19-26(5)35(18-24(2)3)39(37(33)23-32)30-12-8-25(4)9-13-30;1-5(2,3)4/h8-9,12-13,16-17,19-22,27-29H,2,7,10-11,14-15,18,23H2,1,3-6H3;1-4H3. The van der Waals surface area contributed by atoms with Crippen molar-refractivity contribution in [1.29, 1.82) is 0 Å². The first-order valence-electron chi connectivity index (χ1n) is 17.3. The monoisotopic (exact) mass is 584 g/mol. The Labute approximate surface area is 269 Å². The number of rotatable bonds is 6. The minimum Gasteiger partial charge on any atom is -0.0998 e. The van der Waals surface area contributed by atoms with Crippen molar-refractivity contribution in [2.45, 2.75) is 113 Å². The van der Waals surface area contributed by atoms with Gasteiger partial charge in [-0.05, 0) is 144 Å². The molecule has 3 aromatic carbocycles. The molecule has 0 heteroatoms. The molecular weight excluding hydrogens is 528 g/mol. The van der Waals surface area contributed by atoms with E-state index >= 15 is 0 Å². The van der Waals surface area contributed by atoms with Crippen molar-refractivity contribution < 1.29 is 0 Å². The highest BCUT2D eigenvalue weighted by Gasteiger charge is 2.30. The van der Waals surface area contributed by atoms with Crippen LogP contribution in [0.4, 0.5) is 0 Å². The molecule has 1 atom stereocenters. The molecule has 0 aromatic heterocycles. The lowest BCUT2D eigenvalue weighted by Gasteiger charge is -2.29. The summed E-state index contributed by atoms with van der Waals surface area (Å²) in [7, 11) is 0. The largest absolute Gasteiger partial charge is 0.0998 e. The van der Waals surface area contributed by atoms with Gasteiger partial charge in [0, 0.05) is 5.92 Å². The van der Waals surface area contributed by atoms with Crippen LogP contribution >= 0.6 is 0 Å². The lowest BCUT2D eigenvalue weighted by Crippen LogP contribution is -2.15. The van der Waals surface area contributed by atoms with E-state index in [4.69, 9.17) is 0 Å². The summed E-state index contributed by atoms with van der Waals surface area (Å²) in [6.07, 6.45) is 13.9. The van der Waals surface area contributed by atoms with E-state index in [1.165, 1.54) is 98.9 Å². The molecule has 0 heterocycles. The fourth-order valence-corrected chi connectivity index (χ4v) is 7.55. The molecule has 6 rings (SSSR count). The van der Waals surface area contributed by atoms with Crippen LogP contribution in [-0.2, 0) is 12.8 Å². The number of benzene rings is 3. The van der Waals surface area contributed by atoms with Crippen LogP contribution in [-0.4, -0.2) is 0 Å². The maximum Gasteiger partial charge on any atom is 0.000174 e. The van der Waals surface area contributed by atoms with Crippen LogP contribution in [0.2, 0.25) is 0 Å². The minimum atomic E-state index is 0.500. The smallest absolute Gasteiger partial charge is 0.000174 e. The number of allylic oxidation sites excluding steroid dienone is 4. The van der Waals surface area contributed by atoms with E-state index in [0.717, 1.165) is 24.7 Å². The molecule has 0 saturated heterocycles. The van der Waals surface area contributed by atoms with Crippen molar-refractivity contribution in [3.63, 3.8) is 0 Å². The van der Waals surface area contributed by atoms with Gasteiger partial charge in [-0.3, -0.25) is 0 Å². The fraction of sp³-hybridized carbons (Fsp3) is 0.455. The van der Waals surface area contributed by atoms with Gasteiger partial charge in [0.2, 0.25) is 0 Å². The molecule has 3 aromatic rings. The number of hydrogen-bond acceptors (Lipinski definition) is 0. The van der Waals surface area contributed by atoms with Crippen molar-refractivity contribution in [3.8, 4) is 11.1 Å². The third kappa shape index (κ3) is 7.22. The Kier molecular flexibility index (Phi) is 9.60. The summed E-state index contributed by atoms with van der Waals surface area (Å²) in [5.41, 5.74) is 19.1. The fourth-order valence-electron chi connectivity index (χ4n) is 7.55. The Morgan fingerprint density at radius 3 is 2.14 bits per heavy atom. The van der Waals surface area contributed by atoms with E-state index in [0.29, 0.717) is 11.3 Å². The maximum atomic E-state index is 4.27. The molecule has 0 nitrogen and oxygen atoms in total. The summed E-state index contributed by atoms with van der Waals surface area (Å²) in [5.74, 6) is 2.21. The van der Waals surface area contributed by atoms with Crippen LogP contribution in [0, 0.1) is 31.1 Å². The predicted octanol–water partition coefficient (Wildman–Crippen LogP) is 13.0. The highest BCUT2D eigenvalue weighted by Crippen LogP contribution is 2.48. The van der Waals surface area contributed by atoms with Gasteiger partial charge in [0.05, 0.1) is 0 Å². The van der Waals surface area contributed by atoms with Crippen molar-refractivity contribution in [1.82, 2.24) is 0 Å². The topological polar surface area (TPSA) is 0 Å². The van der Waals surface area contributed by atoms with Crippen molar-refractivity contribution >= 4 is 17.2 Å². The van der Waals surface area contributed by atoms with Gasteiger partial charge in [-0.25, -0.2) is 0 Å². The normalized spacial score (nSPS) is 20.7.